The summed E-state index contributed by atoms with van der Waals surface area (Å²) in [7, 11) is 0. The number of rotatable bonds is 0. The smallest absolute Gasteiger partial charge is 0.256 e. The summed E-state index contributed by atoms with van der Waals surface area (Å²) in [5.41, 5.74) is 4.79. The number of nitrogens with zero attached hydrogens (tertiary/aromatic N) is 2. The lowest BCUT2D eigenvalue weighted by Crippen LogP contribution is -2.55. The molecule has 0 aromatic heterocycles. The highest BCUT2D eigenvalue weighted by molar-refractivity contribution is 9.40. The molecule has 0 saturated carbocycles. The van der Waals surface area contributed by atoms with E-state index in [4.69, 9.17) is 5.73 Å². The van der Waals surface area contributed by atoms with E-state index in [-0.39, 0.29) is 0 Å². The molecule has 0 spiro atoms. The molecule has 3 heterocycles. The Morgan fingerprint density at radius 3 is 1.20 bits per heavy atom. The summed E-state index contributed by atoms with van der Waals surface area (Å²) in [5.74, 6) is -0.507. The van der Waals surface area contributed by atoms with Crippen LogP contribution in [0, 0.1) is 0 Å². The molecule has 0 aliphatic carbocycles. The highest BCUT2D eigenvalue weighted by atomic mass is 80.0. The van der Waals surface area contributed by atoms with E-state index in [0.29, 0.717) is 0 Å². The van der Waals surface area contributed by atoms with E-state index in [1.54, 1.807) is 0 Å². The van der Waals surface area contributed by atoms with Crippen LogP contribution in [0.4, 0.5) is 0 Å². The van der Waals surface area contributed by atoms with Crippen LogP contribution in [0.2, 0.25) is 0 Å². The minimum absolute atomic E-state index is 0.507. The first-order valence-corrected chi connectivity index (χ1v) is 7.09. The van der Waals surface area contributed by atoms with E-state index in [9.17, 15) is 4.79 Å². The molecule has 2 bridgehead atoms. The van der Waals surface area contributed by atoms with Gasteiger partial charge in [-0.15, -0.1) is 0 Å². The first-order chi connectivity index (χ1) is 6.89. The molecule has 3 rings (SSSR count). The van der Waals surface area contributed by atoms with Crippen molar-refractivity contribution in [1.29, 1.82) is 0 Å². The van der Waals surface area contributed by atoms with Crippen LogP contribution in [0.15, 0.2) is 0 Å². The van der Waals surface area contributed by atoms with E-state index in [2.05, 4.69) is 57.6 Å². The summed E-state index contributed by atoms with van der Waals surface area (Å²) < 4.78 is -0.924. The lowest BCUT2D eigenvalue weighted by atomic mass is 10.2. The molecule has 3 saturated heterocycles. The Morgan fingerprint density at radius 2 is 1.13 bits per heavy atom. The zero-order valence-electron chi connectivity index (χ0n) is 8.26. The van der Waals surface area contributed by atoms with Crippen molar-refractivity contribution in [2.45, 2.75) is 2.14 Å². The SMILES string of the molecule is C1CN2CCN1CC2.NC(=O)C(Br)(Br)Br. The molecule has 0 aromatic carbocycles. The van der Waals surface area contributed by atoms with Gasteiger partial charge in [0.1, 0.15) is 0 Å². The minimum atomic E-state index is -0.924. The number of nitrogens with two attached hydrogens (primary N) is 1. The fraction of sp³-hybridized carbons (Fsp3) is 0.875. The molecule has 7 heteroatoms. The summed E-state index contributed by atoms with van der Waals surface area (Å²) in [5, 5.41) is 0. The maximum atomic E-state index is 10.1. The van der Waals surface area contributed by atoms with Crippen molar-refractivity contribution in [1.82, 2.24) is 9.80 Å². The quantitative estimate of drug-likeness (QED) is 0.608. The first kappa shape index (κ1) is 13.9. The lowest BCUT2D eigenvalue weighted by molar-refractivity contribution is -0.116. The second-order valence-electron chi connectivity index (χ2n) is 3.55. The van der Waals surface area contributed by atoms with Crippen LogP contribution in [0.3, 0.4) is 0 Å². The number of carbonyl (C=O) groups is 1. The predicted molar refractivity (Wildman–Crippen MR) is 71.6 cm³/mol. The molecule has 1 amide bonds. The van der Waals surface area contributed by atoms with Crippen LogP contribution < -0.4 is 5.73 Å². The third kappa shape index (κ3) is 5.12. The van der Waals surface area contributed by atoms with Crippen molar-refractivity contribution < 1.29 is 4.79 Å². The van der Waals surface area contributed by atoms with Gasteiger partial charge in [0.15, 0.2) is 0 Å². The third-order valence-corrected chi connectivity index (χ3v) is 3.65. The van der Waals surface area contributed by atoms with Gasteiger partial charge in [0, 0.05) is 39.3 Å². The molecule has 0 atom stereocenters. The van der Waals surface area contributed by atoms with E-state index < -0.39 is 8.05 Å². The summed E-state index contributed by atoms with van der Waals surface area (Å²) in [6.07, 6.45) is 0. The van der Waals surface area contributed by atoms with Gasteiger partial charge in [-0.3, -0.25) is 14.6 Å². The van der Waals surface area contributed by atoms with E-state index in [0.717, 1.165) is 0 Å². The minimum Gasteiger partial charge on any atom is -0.367 e. The molecule has 4 nitrogen and oxygen atoms in total. The molecule has 0 aromatic rings. The molecular weight excluding hydrogens is 394 g/mol. The molecular formula is C8H14Br3N3O. The van der Waals surface area contributed by atoms with Crippen LogP contribution >= 0.6 is 47.8 Å². The van der Waals surface area contributed by atoms with Gasteiger partial charge in [0.05, 0.1) is 0 Å². The van der Waals surface area contributed by atoms with Crippen molar-refractivity contribution in [3.8, 4) is 0 Å². The van der Waals surface area contributed by atoms with Gasteiger partial charge >= 0.3 is 0 Å². The summed E-state index contributed by atoms with van der Waals surface area (Å²) in [6, 6.07) is 0. The van der Waals surface area contributed by atoms with Gasteiger partial charge < -0.3 is 5.73 Å². The molecule has 0 unspecified atom stereocenters. The number of carbonyl (C=O) groups excluding carboxylic acids is 1. The monoisotopic (exact) mass is 405 g/mol. The molecule has 0 radical (unpaired) electrons. The fourth-order valence-corrected chi connectivity index (χ4v) is 1.52. The number of hydrogen-bond donors (Lipinski definition) is 1. The van der Waals surface area contributed by atoms with Crippen LogP contribution in [0.25, 0.3) is 0 Å². The molecule has 3 aliphatic heterocycles. The van der Waals surface area contributed by atoms with Gasteiger partial charge in [-0.25, -0.2) is 0 Å². The number of fused-ring (bicyclic) bond motifs is 3. The van der Waals surface area contributed by atoms with Crippen LogP contribution in [-0.4, -0.2) is 57.1 Å². The van der Waals surface area contributed by atoms with Gasteiger partial charge in [-0.2, -0.15) is 0 Å². The van der Waals surface area contributed by atoms with Crippen molar-refractivity contribution >= 4 is 53.7 Å². The Kier molecular flexibility index (Phi) is 5.51. The van der Waals surface area contributed by atoms with Crippen molar-refractivity contribution in [2.24, 2.45) is 5.73 Å². The zero-order chi connectivity index (χ0) is 11.5. The molecule has 3 fully saturated rings. The number of amides is 1. The van der Waals surface area contributed by atoms with E-state index in [1.807, 2.05) is 0 Å². The molecule has 88 valence electrons. The second-order valence-corrected chi connectivity index (χ2v) is 10.3. The third-order valence-electron chi connectivity index (χ3n) is 2.48. The Hall–Kier alpha value is 0.830. The number of primary amides is 1. The molecule has 2 N–H and O–H groups in total. The zero-order valence-corrected chi connectivity index (χ0v) is 13.0. The summed E-state index contributed by atoms with van der Waals surface area (Å²) in [6.45, 7) is 7.92. The maximum absolute atomic E-state index is 10.1. The van der Waals surface area contributed by atoms with Crippen molar-refractivity contribution in [3.05, 3.63) is 0 Å². The Labute approximate surface area is 115 Å². The van der Waals surface area contributed by atoms with Crippen molar-refractivity contribution in [3.63, 3.8) is 0 Å². The lowest BCUT2D eigenvalue weighted by Gasteiger charge is -2.41. The second kappa shape index (κ2) is 5.95. The fourth-order valence-electron chi connectivity index (χ4n) is 1.52. The Bertz CT molecular complexity index is 201. The Morgan fingerprint density at radius 1 is 0.933 bits per heavy atom. The van der Waals surface area contributed by atoms with Gasteiger partial charge in [0.25, 0.3) is 5.91 Å². The standard InChI is InChI=1S/C6H12N2.C2H2Br3NO/c1-2-8-5-3-7(1)4-6-8;3-2(4,5)1(6)7/h1-6H2;(H2,6,7). The topological polar surface area (TPSA) is 49.6 Å². The van der Waals surface area contributed by atoms with E-state index in [1.165, 1.54) is 39.3 Å². The number of halogens is 3. The predicted octanol–water partition coefficient (Wildman–Crippen LogP) is 0.928. The highest BCUT2D eigenvalue weighted by Gasteiger charge is 2.24. The summed E-state index contributed by atoms with van der Waals surface area (Å²) >= 11 is 8.70. The highest BCUT2D eigenvalue weighted by Crippen LogP contribution is 2.32. The van der Waals surface area contributed by atoms with Gasteiger partial charge in [-0.05, 0) is 47.8 Å². The van der Waals surface area contributed by atoms with Crippen LogP contribution in [0.5, 0.6) is 0 Å². The summed E-state index contributed by atoms with van der Waals surface area (Å²) in [4.78, 5) is 15.2. The number of piperazine rings is 3. The van der Waals surface area contributed by atoms with E-state index >= 15 is 0 Å². The largest absolute Gasteiger partial charge is 0.367 e. The Balaban J connectivity index is 0.000000153. The first-order valence-electron chi connectivity index (χ1n) is 4.71. The molecule has 3 aliphatic rings. The van der Waals surface area contributed by atoms with Crippen LogP contribution in [-0.2, 0) is 4.79 Å². The van der Waals surface area contributed by atoms with Gasteiger partial charge in [-0.1, -0.05) is 0 Å². The van der Waals surface area contributed by atoms with Crippen molar-refractivity contribution in [2.75, 3.05) is 39.3 Å². The number of hydrogen-bond acceptors (Lipinski definition) is 3. The average Bonchev–Trinajstić information content (AvgIpc) is 2.20. The molecule has 15 heavy (non-hydrogen) atoms. The van der Waals surface area contributed by atoms with Gasteiger partial charge in [0.2, 0.25) is 2.14 Å². The average molecular weight is 408 g/mol. The maximum Gasteiger partial charge on any atom is 0.256 e. The van der Waals surface area contributed by atoms with Crippen LogP contribution in [0.1, 0.15) is 0 Å². The normalized spacial score (nSPS) is 29.3. The number of alkyl halides is 3.